The summed E-state index contributed by atoms with van der Waals surface area (Å²) in [5.74, 6) is -0.0292. The molecule has 8 nitrogen and oxygen atoms in total. The van der Waals surface area contributed by atoms with Crippen LogP contribution in [0.5, 0.6) is 5.75 Å². The van der Waals surface area contributed by atoms with Gasteiger partial charge in [-0.1, -0.05) is 18.2 Å². The Kier molecular flexibility index (Phi) is 5.10. The number of carbonyl (C=O) groups is 3. The molecule has 1 aromatic rings. The molecule has 0 aliphatic carbocycles. The summed E-state index contributed by atoms with van der Waals surface area (Å²) in [4.78, 5) is 41.2. The number of benzene rings is 1. The van der Waals surface area contributed by atoms with Crippen LogP contribution in [-0.2, 0) is 9.59 Å². The molecule has 2 aliphatic rings. The fourth-order valence-corrected chi connectivity index (χ4v) is 3.77. The number of hydrogen-bond donors (Lipinski definition) is 1. The summed E-state index contributed by atoms with van der Waals surface area (Å²) in [5, 5.41) is 10.2. The maximum absolute atomic E-state index is 12.5. The van der Waals surface area contributed by atoms with Crippen molar-refractivity contribution in [3.8, 4) is 5.75 Å². The minimum atomic E-state index is -1.28. The lowest BCUT2D eigenvalue weighted by Gasteiger charge is -2.41. The first-order valence-electron chi connectivity index (χ1n) is 8.99. The quantitative estimate of drug-likeness (QED) is 0.779. The molecule has 27 heavy (non-hydrogen) atoms. The number of imide groups is 1. The van der Waals surface area contributed by atoms with Crippen molar-refractivity contribution in [2.45, 2.75) is 31.4 Å². The molecule has 1 aromatic carbocycles. The highest BCUT2D eigenvalue weighted by Gasteiger charge is 2.55. The molecule has 1 N–H and O–H groups in total. The lowest BCUT2D eigenvalue weighted by atomic mass is 9.86. The molecule has 2 aliphatic heterocycles. The van der Waals surface area contributed by atoms with E-state index in [1.165, 1.54) is 16.8 Å². The second kappa shape index (κ2) is 7.19. The summed E-state index contributed by atoms with van der Waals surface area (Å²) in [6.45, 7) is 2.36. The van der Waals surface area contributed by atoms with Crippen LogP contribution < -0.4 is 4.74 Å². The van der Waals surface area contributed by atoms with Crippen molar-refractivity contribution in [1.29, 1.82) is 0 Å². The minimum Gasteiger partial charge on any atom is -0.490 e. The van der Waals surface area contributed by atoms with Gasteiger partial charge in [0.15, 0.2) is 6.10 Å². The number of aliphatic hydroxyl groups excluding tert-OH is 1. The third kappa shape index (κ3) is 3.25. The molecule has 0 bridgehead atoms. The first-order valence-corrected chi connectivity index (χ1v) is 8.99. The Balaban J connectivity index is 1.58. The predicted molar refractivity (Wildman–Crippen MR) is 97.2 cm³/mol. The number of ether oxygens (including phenoxy) is 1. The lowest BCUT2D eigenvalue weighted by Crippen LogP contribution is -2.57. The lowest BCUT2D eigenvalue weighted by molar-refractivity contribution is -0.146. The molecule has 1 spiro atoms. The Labute approximate surface area is 158 Å². The van der Waals surface area contributed by atoms with Gasteiger partial charge in [0, 0.05) is 27.2 Å². The number of nitrogens with zero attached hydrogens (tertiary/aromatic N) is 3. The summed E-state index contributed by atoms with van der Waals surface area (Å²) in [6, 6.07) is 7.06. The van der Waals surface area contributed by atoms with Gasteiger partial charge in [-0.3, -0.25) is 14.5 Å². The monoisotopic (exact) mass is 375 g/mol. The normalized spacial score (nSPS) is 20.4. The largest absolute Gasteiger partial charge is 0.490 e. The fraction of sp³-hybridized carbons (Fsp3) is 0.526. The number of urea groups is 1. The third-order valence-electron chi connectivity index (χ3n) is 5.60. The van der Waals surface area contributed by atoms with E-state index < -0.39 is 17.6 Å². The molecule has 0 radical (unpaired) electrons. The molecule has 1 atom stereocenters. The number of rotatable bonds is 4. The van der Waals surface area contributed by atoms with Gasteiger partial charge in [0.2, 0.25) is 0 Å². The number of aryl methyl sites for hydroxylation is 1. The average molecular weight is 375 g/mol. The van der Waals surface area contributed by atoms with E-state index in [4.69, 9.17) is 4.74 Å². The molecule has 8 heteroatoms. The molecule has 146 valence electrons. The maximum Gasteiger partial charge on any atom is 0.327 e. The molecular weight excluding hydrogens is 350 g/mol. The van der Waals surface area contributed by atoms with Crippen LogP contribution >= 0.6 is 0 Å². The van der Waals surface area contributed by atoms with Gasteiger partial charge < -0.3 is 19.6 Å². The number of para-hydroxylation sites is 1. The van der Waals surface area contributed by atoms with Crippen molar-refractivity contribution in [2.24, 2.45) is 0 Å². The van der Waals surface area contributed by atoms with Crippen molar-refractivity contribution in [3.05, 3.63) is 29.8 Å². The molecule has 2 saturated heterocycles. The topological polar surface area (TPSA) is 90.4 Å². The number of piperidine rings is 1. The number of likely N-dealkylation sites (N-methyl/N-ethyl adjacent to an activating group) is 2. The molecule has 3 rings (SSSR count). The van der Waals surface area contributed by atoms with E-state index in [1.54, 1.807) is 13.1 Å². The predicted octanol–water partition coefficient (Wildman–Crippen LogP) is 0.620. The highest BCUT2D eigenvalue weighted by atomic mass is 16.5. The van der Waals surface area contributed by atoms with E-state index in [-0.39, 0.29) is 18.5 Å². The first kappa shape index (κ1) is 19.2. The van der Waals surface area contributed by atoms with E-state index in [2.05, 4.69) is 0 Å². The summed E-state index contributed by atoms with van der Waals surface area (Å²) in [7, 11) is 3.09. The Morgan fingerprint density at radius 3 is 2.41 bits per heavy atom. The van der Waals surface area contributed by atoms with E-state index >= 15 is 0 Å². The Morgan fingerprint density at radius 2 is 1.85 bits per heavy atom. The fourth-order valence-electron chi connectivity index (χ4n) is 3.77. The van der Waals surface area contributed by atoms with Crippen LogP contribution in [0, 0.1) is 6.92 Å². The first-order chi connectivity index (χ1) is 12.8. The zero-order chi connectivity index (χ0) is 19.8. The van der Waals surface area contributed by atoms with Gasteiger partial charge in [-0.05, 0) is 31.4 Å². The van der Waals surface area contributed by atoms with Crippen LogP contribution in [0.1, 0.15) is 18.4 Å². The van der Waals surface area contributed by atoms with Gasteiger partial charge in [-0.2, -0.15) is 0 Å². The van der Waals surface area contributed by atoms with Gasteiger partial charge in [0.1, 0.15) is 17.9 Å². The number of likely N-dealkylation sites (tertiary alicyclic amines) is 1. The van der Waals surface area contributed by atoms with Gasteiger partial charge in [-0.25, -0.2) is 4.79 Å². The summed E-state index contributed by atoms with van der Waals surface area (Å²) in [5.41, 5.74) is 0.0409. The van der Waals surface area contributed by atoms with Crippen LogP contribution in [0.3, 0.4) is 0 Å². The maximum atomic E-state index is 12.5. The van der Waals surface area contributed by atoms with Crippen LogP contribution in [0.25, 0.3) is 0 Å². The summed E-state index contributed by atoms with van der Waals surface area (Å²) in [6.07, 6.45) is -0.564. The second-order valence-corrected chi connectivity index (χ2v) is 7.15. The standard InChI is InChI=1S/C19H25N3O5/c1-13-6-4-5-7-15(13)27-12-14(23)16(24)22-10-8-19(9-11-22)17(25)20(2)18(26)21(19)3/h4-7,14,23H,8-12H2,1-3H3. The van der Waals surface area contributed by atoms with Gasteiger partial charge in [0.25, 0.3) is 11.8 Å². The number of amides is 4. The Bertz CT molecular complexity index is 757. The van der Waals surface area contributed by atoms with Crippen LogP contribution in [0.15, 0.2) is 24.3 Å². The van der Waals surface area contributed by atoms with Crippen molar-refractivity contribution < 1.29 is 24.2 Å². The number of aliphatic hydroxyl groups is 1. The molecule has 0 aromatic heterocycles. The Hall–Kier alpha value is -2.61. The summed E-state index contributed by atoms with van der Waals surface area (Å²) >= 11 is 0. The smallest absolute Gasteiger partial charge is 0.327 e. The van der Waals surface area contributed by atoms with Crippen molar-refractivity contribution in [2.75, 3.05) is 33.8 Å². The molecule has 0 saturated carbocycles. The van der Waals surface area contributed by atoms with Gasteiger partial charge >= 0.3 is 6.03 Å². The van der Waals surface area contributed by atoms with Crippen molar-refractivity contribution >= 4 is 17.8 Å². The van der Waals surface area contributed by atoms with E-state index in [9.17, 15) is 19.5 Å². The van der Waals surface area contributed by atoms with Crippen LogP contribution in [-0.4, -0.2) is 83.1 Å². The highest BCUT2D eigenvalue weighted by molar-refractivity contribution is 6.06. The number of carbonyl (C=O) groups excluding carboxylic acids is 3. The molecule has 2 fully saturated rings. The average Bonchev–Trinajstić information content (AvgIpc) is 2.83. The van der Waals surface area contributed by atoms with Crippen molar-refractivity contribution in [1.82, 2.24) is 14.7 Å². The van der Waals surface area contributed by atoms with E-state index in [0.717, 1.165) is 10.5 Å². The highest BCUT2D eigenvalue weighted by Crippen LogP contribution is 2.35. The minimum absolute atomic E-state index is 0.134. The molecule has 4 amide bonds. The zero-order valence-corrected chi connectivity index (χ0v) is 15.8. The van der Waals surface area contributed by atoms with E-state index in [0.29, 0.717) is 31.7 Å². The molecule has 2 heterocycles. The summed E-state index contributed by atoms with van der Waals surface area (Å²) < 4.78 is 5.55. The molecule has 1 unspecified atom stereocenters. The van der Waals surface area contributed by atoms with Crippen molar-refractivity contribution in [3.63, 3.8) is 0 Å². The van der Waals surface area contributed by atoms with Crippen LogP contribution in [0.4, 0.5) is 4.79 Å². The molecular formula is C19H25N3O5. The van der Waals surface area contributed by atoms with Gasteiger partial charge in [-0.15, -0.1) is 0 Å². The SMILES string of the molecule is Cc1ccccc1OCC(O)C(=O)N1CCC2(CC1)C(=O)N(C)C(=O)N2C. The van der Waals surface area contributed by atoms with E-state index in [1.807, 2.05) is 25.1 Å². The second-order valence-electron chi connectivity index (χ2n) is 7.15. The third-order valence-corrected chi connectivity index (χ3v) is 5.60. The van der Waals surface area contributed by atoms with Gasteiger partial charge in [0.05, 0.1) is 0 Å². The Morgan fingerprint density at radius 1 is 1.22 bits per heavy atom. The zero-order valence-electron chi connectivity index (χ0n) is 15.8. The van der Waals surface area contributed by atoms with Crippen LogP contribution in [0.2, 0.25) is 0 Å². The number of hydrogen-bond acceptors (Lipinski definition) is 5.